The summed E-state index contributed by atoms with van der Waals surface area (Å²) in [6.45, 7) is 5.21. The average molecular weight is 235 g/mol. The molecule has 1 heterocycles. The maximum atomic E-state index is 5.78. The Bertz CT molecular complexity index is 309. The summed E-state index contributed by atoms with van der Waals surface area (Å²) in [6.07, 6.45) is 1.16. The molecule has 1 N–H and O–H groups in total. The zero-order valence-corrected chi connectivity index (χ0v) is 10.4. The first kappa shape index (κ1) is 12.6. The van der Waals surface area contributed by atoms with E-state index in [1.807, 2.05) is 6.07 Å². The van der Waals surface area contributed by atoms with Gasteiger partial charge in [-0.1, -0.05) is 37.3 Å². The molecule has 0 amide bonds. The first-order valence-electron chi connectivity index (χ1n) is 6.37. The van der Waals surface area contributed by atoms with Crippen molar-refractivity contribution in [2.24, 2.45) is 0 Å². The third-order valence-electron chi connectivity index (χ3n) is 3.06. The second-order valence-corrected chi connectivity index (χ2v) is 4.34. The number of hydrogen-bond donors (Lipinski definition) is 1. The monoisotopic (exact) mass is 235 g/mol. The number of nitrogens with one attached hydrogen (secondary N) is 1. The van der Waals surface area contributed by atoms with Crippen LogP contribution in [0.25, 0.3) is 0 Å². The minimum atomic E-state index is 0.170. The zero-order valence-electron chi connectivity index (χ0n) is 10.4. The van der Waals surface area contributed by atoms with E-state index in [0.717, 1.165) is 19.6 Å². The molecule has 0 bridgehead atoms. The van der Waals surface area contributed by atoms with E-state index in [-0.39, 0.29) is 6.10 Å². The molecule has 2 unspecified atom stereocenters. The third kappa shape index (κ3) is 3.80. The third-order valence-corrected chi connectivity index (χ3v) is 3.06. The van der Waals surface area contributed by atoms with Gasteiger partial charge in [0.05, 0.1) is 25.9 Å². The van der Waals surface area contributed by atoms with Gasteiger partial charge in [-0.25, -0.2) is 0 Å². The van der Waals surface area contributed by atoms with Gasteiger partial charge in [0.1, 0.15) is 0 Å². The van der Waals surface area contributed by atoms with Gasteiger partial charge in [0.15, 0.2) is 0 Å². The molecule has 0 spiro atoms. The number of benzene rings is 1. The molecular formula is C14H21NO2. The van der Waals surface area contributed by atoms with Crippen LogP contribution in [0.5, 0.6) is 0 Å². The van der Waals surface area contributed by atoms with E-state index in [2.05, 4.69) is 36.5 Å². The van der Waals surface area contributed by atoms with Gasteiger partial charge in [0, 0.05) is 6.04 Å². The zero-order chi connectivity index (χ0) is 11.9. The van der Waals surface area contributed by atoms with Gasteiger partial charge >= 0.3 is 0 Å². The Labute approximate surface area is 103 Å². The standard InChI is InChI=1S/C14H21NO2/c1-2-15-13(14-11-16-8-9-17-14)10-12-6-4-3-5-7-12/h3-7,13-15H,2,8-11H2,1H3. The summed E-state index contributed by atoms with van der Waals surface area (Å²) in [5, 5.41) is 3.50. The van der Waals surface area contributed by atoms with E-state index in [1.165, 1.54) is 5.56 Å². The minimum absolute atomic E-state index is 0.170. The molecule has 1 aliphatic heterocycles. The lowest BCUT2D eigenvalue weighted by Crippen LogP contribution is -2.47. The first-order chi connectivity index (χ1) is 8.40. The van der Waals surface area contributed by atoms with Gasteiger partial charge in [0.2, 0.25) is 0 Å². The van der Waals surface area contributed by atoms with Gasteiger partial charge in [-0.2, -0.15) is 0 Å². The number of rotatable bonds is 5. The molecule has 0 aliphatic carbocycles. The Balaban J connectivity index is 1.96. The molecule has 1 aromatic carbocycles. The summed E-state index contributed by atoms with van der Waals surface area (Å²) < 4.78 is 11.3. The Kier molecular flexibility index (Phi) is 4.98. The van der Waals surface area contributed by atoms with Crippen molar-refractivity contribution >= 4 is 0 Å². The summed E-state index contributed by atoms with van der Waals surface area (Å²) in [5.74, 6) is 0. The topological polar surface area (TPSA) is 30.5 Å². The van der Waals surface area contributed by atoms with Gasteiger partial charge in [-0.15, -0.1) is 0 Å². The highest BCUT2D eigenvalue weighted by Crippen LogP contribution is 2.11. The Hall–Kier alpha value is -0.900. The van der Waals surface area contributed by atoms with Crippen molar-refractivity contribution in [3.05, 3.63) is 35.9 Å². The summed E-state index contributed by atoms with van der Waals surface area (Å²) in [5.41, 5.74) is 1.34. The largest absolute Gasteiger partial charge is 0.376 e. The molecule has 0 saturated carbocycles. The molecule has 1 saturated heterocycles. The van der Waals surface area contributed by atoms with E-state index in [1.54, 1.807) is 0 Å². The van der Waals surface area contributed by atoms with Crippen LogP contribution >= 0.6 is 0 Å². The normalized spacial score (nSPS) is 22.3. The molecular weight excluding hydrogens is 214 g/mol. The van der Waals surface area contributed by atoms with Gasteiger partial charge in [-0.05, 0) is 18.5 Å². The molecule has 0 aromatic heterocycles. The van der Waals surface area contributed by atoms with Gasteiger partial charge < -0.3 is 14.8 Å². The lowest BCUT2D eigenvalue weighted by Gasteiger charge is -2.31. The molecule has 1 aliphatic rings. The molecule has 2 atom stereocenters. The van der Waals surface area contributed by atoms with Crippen LogP contribution in [0.2, 0.25) is 0 Å². The number of likely N-dealkylation sites (N-methyl/N-ethyl adjacent to an activating group) is 1. The first-order valence-corrected chi connectivity index (χ1v) is 6.37. The van der Waals surface area contributed by atoms with E-state index in [4.69, 9.17) is 9.47 Å². The fourth-order valence-electron chi connectivity index (χ4n) is 2.20. The second kappa shape index (κ2) is 6.74. The van der Waals surface area contributed by atoms with Crippen LogP contribution in [0.15, 0.2) is 30.3 Å². The van der Waals surface area contributed by atoms with Crippen molar-refractivity contribution in [2.45, 2.75) is 25.5 Å². The van der Waals surface area contributed by atoms with E-state index in [9.17, 15) is 0 Å². The maximum absolute atomic E-state index is 5.78. The smallest absolute Gasteiger partial charge is 0.0965 e. The Morgan fingerprint density at radius 3 is 2.76 bits per heavy atom. The molecule has 3 heteroatoms. The van der Waals surface area contributed by atoms with E-state index in [0.29, 0.717) is 19.3 Å². The average Bonchev–Trinajstić information content (AvgIpc) is 2.40. The fraction of sp³-hybridized carbons (Fsp3) is 0.571. The van der Waals surface area contributed by atoms with Crippen LogP contribution in [-0.4, -0.2) is 38.5 Å². The van der Waals surface area contributed by atoms with Crippen molar-refractivity contribution in [3.8, 4) is 0 Å². The van der Waals surface area contributed by atoms with E-state index < -0.39 is 0 Å². The van der Waals surface area contributed by atoms with Crippen molar-refractivity contribution < 1.29 is 9.47 Å². The highest BCUT2D eigenvalue weighted by Gasteiger charge is 2.24. The van der Waals surface area contributed by atoms with Crippen LogP contribution in [0.1, 0.15) is 12.5 Å². The van der Waals surface area contributed by atoms with Gasteiger partial charge in [0.25, 0.3) is 0 Å². The summed E-state index contributed by atoms with van der Waals surface area (Å²) >= 11 is 0. The predicted octanol–water partition coefficient (Wildman–Crippen LogP) is 1.62. The Morgan fingerprint density at radius 1 is 1.29 bits per heavy atom. The SMILES string of the molecule is CCNC(Cc1ccccc1)C1COCCO1. The molecule has 94 valence electrons. The van der Waals surface area contributed by atoms with Crippen LogP contribution in [-0.2, 0) is 15.9 Å². The highest BCUT2D eigenvalue weighted by molar-refractivity contribution is 5.16. The van der Waals surface area contributed by atoms with Gasteiger partial charge in [-0.3, -0.25) is 0 Å². The number of ether oxygens (including phenoxy) is 2. The van der Waals surface area contributed by atoms with Crippen molar-refractivity contribution in [1.29, 1.82) is 0 Å². The fourth-order valence-corrected chi connectivity index (χ4v) is 2.20. The molecule has 17 heavy (non-hydrogen) atoms. The molecule has 1 aromatic rings. The van der Waals surface area contributed by atoms with Crippen LogP contribution in [0, 0.1) is 0 Å². The van der Waals surface area contributed by atoms with Crippen LogP contribution < -0.4 is 5.32 Å². The lowest BCUT2D eigenvalue weighted by atomic mass is 10.0. The molecule has 3 nitrogen and oxygen atoms in total. The van der Waals surface area contributed by atoms with Crippen molar-refractivity contribution in [1.82, 2.24) is 5.32 Å². The highest BCUT2D eigenvalue weighted by atomic mass is 16.6. The van der Waals surface area contributed by atoms with Crippen molar-refractivity contribution in [2.75, 3.05) is 26.4 Å². The second-order valence-electron chi connectivity index (χ2n) is 4.34. The predicted molar refractivity (Wildman–Crippen MR) is 68.2 cm³/mol. The molecule has 0 radical (unpaired) electrons. The van der Waals surface area contributed by atoms with E-state index >= 15 is 0 Å². The van der Waals surface area contributed by atoms with Crippen LogP contribution in [0.4, 0.5) is 0 Å². The maximum Gasteiger partial charge on any atom is 0.0965 e. The summed E-state index contributed by atoms with van der Waals surface area (Å²) in [6, 6.07) is 10.9. The molecule has 1 fully saturated rings. The summed E-state index contributed by atoms with van der Waals surface area (Å²) in [7, 11) is 0. The quantitative estimate of drug-likeness (QED) is 0.841. The van der Waals surface area contributed by atoms with Crippen molar-refractivity contribution in [3.63, 3.8) is 0 Å². The van der Waals surface area contributed by atoms with Crippen LogP contribution in [0.3, 0.4) is 0 Å². The molecule has 2 rings (SSSR count). The lowest BCUT2D eigenvalue weighted by molar-refractivity contribution is -0.101. The number of hydrogen-bond acceptors (Lipinski definition) is 3. The summed E-state index contributed by atoms with van der Waals surface area (Å²) in [4.78, 5) is 0. The Morgan fingerprint density at radius 2 is 2.12 bits per heavy atom. The minimum Gasteiger partial charge on any atom is -0.376 e.